The zero-order valence-corrected chi connectivity index (χ0v) is 12.7. The summed E-state index contributed by atoms with van der Waals surface area (Å²) in [6, 6.07) is 6.71. The number of hydrogen-bond acceptors (Lipinski definition) is 5. The van der Waals surface area contributed by atoms with Gasteiger partial charge in [-0.05, 0) is 31.2 Å². The summed E-state index contributed by atoms with van der Waals surface area (Å²) >= 11 is 1.19. The molecule has 2 rings (SSSR count). The van der Waals surface area contributed by atoms with Crippen molar-refractivity contribution in [1.29, 1.82) is 0 Å². The van der Waals surface area contributed by atoms with E-state index < -0.39 is 12.1 Å². The van der Waals surface area contributed by atoms with E-state index in [4.69, 9.17) is 0 Å². The Bertz CT molecular complexity index is 711. The number of aromatic nitrogens is 1. The first-order chi connectivity index (χ1) is 10.8. The lowest BCUT2D eigenvalue weighted by Crippen LogP contribution is -2.36. The number of hydrogen-bond donors (Lipinski definition) is 2. The molecule has 0 aliphatic carbocycles. The molecule has 2 aromatic rings. The first-order valence-electron chi connectivity index (χ1n) is 6.43. The van der Waals surface area contributed by atoms with Gasteiger partial charge in [-0.25, -0.2) is 4.98 Å². The summed E-state index contributed by atoms with van der Waals surface area (Å²) in [7, 11) is 0. The Morgan fingerprint density at radius 1 is 1.22 bits per heavy atom. The first-order valence-corrected chi connectivity index (χ1v) is 7.31. The fraction of sp³-hybridized carbons (Fsp3) is 0.214. The van der Waals surface area contributed by atoms with Gasteiger partial charge in [-0.1, -0.05) is 0 Å². The monoisotopic (exact) mass is 343 g/mol. The largest absolute Gasteiger partial charge is 0.471 e. The Labute approximate surface area is 133 Å². The molecule has 5 nitrogen and oxygen atoms in total. The number of Topliss-reactive ketones (excluding diaryl/α,β-unsaturated/α-hetero) is 1. The molecule has 23 heavy (non-hydrogen) atoms. The van der Waals surface area contributed by atoms with Crippen LogP contribution in [-0.4, -0.2) is 22.9 Å². The lowest BCUT2D eigenvalue weighted by molar-refractivity contribution is -0.173. The SMILES string of the molecule is CC(=O)c1ccc(Nc2nc(CNC(=O)C(F)(F)F)cs2)cc1. The molecular formula is C14H12F3N3O2S. The van der Waals surface area contributed by atoms with Crippen molar-refractivity contribution in [2.24, 2.45) is 0 Å². The number of nitrogens with one attached hydrogen (secondary N) is 2. The van der Waals surface area contributed by atoms with E-state index in [-0.39, 0.29) is 12.3 Å². The Kier molecular flexibility index (Phi) is 4.99. The molecule has 2 N–H and O–H groups in total. The number of halogens is 3. The molecule has 1 aromatic carbocycles. The highest BCUT2D eigenvalue weighted by atomic mass is 32.1. The average Bonchev–Trinajstić information content (AvgIpc) is 2.91. The lowest BCUT2D eigenvalue weighted by atomic mass is 10.1. The number of thiazole rings is 1. The molecule has 9 heteroatoms. The van der Waals surface area contributed by atoms with E-state index in [1.165, 1.54) is 18.3 Å². The Hall–Kier alpha value is -2.42. The maximum atomic E-state index is 12.1. The molecule has 0 atom stereocenters. The molecule has 0 fully saturated rings. The van der Waals surface area contributed by atoms with Gasteiger partial charge in [0, 0.05) is 16.6 Å². The molecule has 0 aliphatic rings. The van der Waals surface area contributed by atoms with E-state index in [2.05, 4.69) is 10.3 Å². The van der Waals surface area contributed by atoms with Crippen molar-refractivity contribution in [3.63, 3.8) is 0 Å². The predicted molar refractivity (Wildman–Crippen MR) is 79.7 cm³/mol. The number of nitrogens with zero attached hydrogens (tertiary/aromatic N) is 1. The maximum absolute atomic E-state index is 12.1. The summed E-state index contributed by atoms with van der Waals surface area (Å²) in [5.74, 6) is -2.05. The topological polar surface area (TPSA) is 71.1 Å². The van der Waals surface area contributed by atoms with Gasteiger partial charge in [0.05, 0.1) is 12.2 Å². The van der Waals surface area contributed by atoms with Gasteiger partial charge in [0.1, 0.15) is 0 Å². The minimum absolute atomic E-state index is 0.0477. The average molecular weight is 343 g/mol. The molecule has 0 saturated heterocycles. The third-order valence-electron chi connectivity index (χ3n) is 2.78. The third kappa shape index (κ3) is 4.78. The number of rotatable bonds is 5. The standard InChI is InChI=1S/C14H12F3N3O2S/c1-8(21)9-2-4-10(5-3-9)19-13-20-11(7-23-13)6-18-12(22)14(15,16)17/h2-5,7H,6H2,1H3,(H,18,22)(H,19,20). The van der Waals surface area contributed by atoms with Crippen molar-refractivity contribution >= 4 is 33.8 Å². The summed E-state index contributed by atoms with van der Waals surface area (Å²) in [4.78, 5) is 26.0. The smallest absolute Gasteiger partial charge is 0.343 e. The van der Waals surface area contributed by atoms with Crippen LogP contribution < -0.4 is 10.6 Å². The highest BCUT2D eigenvalue weighted by Crippen LogP contribution is 2.22. The van der Waals surface area contributed by atoms with E-state index >= 15 is 0 Å². The number of benzene rings is 1. The quantitative estimate of drug-likeness (QED) is 0.818. The molecule has 122 valence electrons. The maximum Gasteiger partial charge on any atom is 0.471 e. The van der Waals surface area contributed by atoms with Gasteiger partial charge in [0.25, 0.3) is 0 Å². The Morgan fingerprint density at radius 2 is 1.87 bits per heavy atom. The van der Waals surface area contributed by atoms with Gasteiger partial charge in [0.15, 0.2) is 10.9 Å². The molecule has 0 radical (unpaired) electrons. The van der Waals surface area contributed by atoms with Crippen molar-refractivity contribution in [3.8, 4) is 0 Å². The van der Waals surface area contributed by atoms with Crippen LogP contribution in [0.3, 0.4) is 0 Å². The molecule has 0 aliphatic heterocycles. The summed E-state index contributed by atoms with van der Waals surface area (Å²) < 4.78 is 36.2. The molecule has 1 aromatic heterocycles. The van der Waals surface area contributed by atoms with E-state index in [0.717, 1.165) is 0 Å². The second kappa shape index (κ2) is 6.78. The van der Waals surface area contributed by atoms with E-state index in [9.17, 15) is 22.8 Å². The van der Waals surface area contributed by atoms with Gasteiger partial charge in [0.2, 0.25) is 0 Å². The molecule has 1 amide bonds. The van der Waals surface area contributed by atoms with Gasteiger partial charge >= 0.3 is 12.1 Å². The predicted octanol–water partition coefficient (Wildman–Crippen LogP) is 3.27. The number of amides is 1. The van der Waals surface area contributed by atoms with Crippen LogP contribution in [-0.2, 0) is 11.3 Å². The van der Waals surface area contributed by atoms with Crippen molar-refractivity contribution in [2.45, 2.75) is 19.6 Å². The van der Waals surface area contributed by atoms with Crippen molar-refractivity contribution in [3.05, 3.63) is 40.9 Å². The number of carbonyl (C=O) groups excluding carboxylic acids is 2. The van der Waals surface area contributed by atoms with Crippen LogP contribution in [0.1, 0.15) is 23.0 Å². The Morgan fingerprint density at radius 3 is 2.43 bits per heavy atom. The summed E-state index contributed by atoms with van der Waals surface area (Å²) in [5.41, 5.74) is 1.58. The molecule has 0 saturated carbocycles. The lowest BCUT2D eigenvalue weighted by Gasteiger charge is -2.06. The fourth-order valence-electron chi connectivity index (χ4n) is 1.63. The van der Waals surface area contributed by atoms with Crippen molar-refractivity contribution in [1.82, 2.24) is 10.3 Å². The number of carbonyl (C=O) groups is 2. The summed E-state index contributed by atoms with van der Waals surface area (Å²) in [6.45, 7) is 1.16. The number of ketones is 1. The van der Waals surface area contributed by atoms with Gasteiger partial charge in [-0.3, -0.25) is 9.59 Å². The second-order valence-corrected chi connectivity index (χ2v) is 5.44. The van der Waals surface area contributed by atoms with E-state index in [0.29, 0.717) is 22.1 Å². The highest BCUT2D eigenvalue weighted by Gasteiger charge is 2.38. The summed E-state index contributed by atoms with van der Waals surface area (Å²) in [6.07, 6.45) is -4.91. The molecule has 0 unspecified atom stereocenters. The molecule has 0 spiro atoms. The van der Waals surface area contributed by atoms with Gasteiger partial charge in [-0.15, -0.1) is 11.3 Å². The van der Waals surface area contributed by atoms with E-state index in [1.54, 1.807) is 35.0 Å². The molecular weight excluding hydrogens is 331 g/mol. The van der Waals surface area contributed by atoms with Crippen LogP contribution >= 0.6 is 11.3 Å². The molecule has 0 bridgehead atoms. The van der Waals surface area contributed by atoms with Crippen LogP contribution in [0.2, 0.25) is 0 Å². The third-order valence-corrected chi connectivity index (χ3v) is 3.59. The van der Waals surface area contributed by atoms with E-state index in [1.807, 2.05) is 0 Å². The van der Waals surface area contributed by atoms with Crippen LogP contribution in [0.15, 0.2) is 29.6 Å². The van der Waals surface area contributed by atoms with Crippen LogP contribution in [0.5, 0.6) is 0 Å². The van der Waals surface area contributed by atoms with Crippen molar-refractivity contribution < 1.29 is 22.8 Å². The second-order valence-electron chi connectivity index (χ2n) is 4.58. The minimum atomic E-state index is -4.91. The molecule has 1 heterocycles. The summed E-state index contributed by atoms with van der Waals surface area (Å²) in [5, 5.41) is 6.73. The van der Waals surface area contributed by atoms with Crippen LogP contribution in [0.4, 0.5) is 24.0 Å². The van der Waals surface area contributed by atoms with Crippen LogP contribution in [0.25, 0.3) is 0 Å². The van der Waals surface area contributed by atoms with Crippen molar-refractivity contribution in [2.75, 3.05) is 5.32 Å². The number of anilines is 2. The number of alkyl halides is 3. The van der Waals surface area contributed by atoms with Gasteiger partial charge in [-0.2, -0.15) is 13.2 Å². The first kappa shape index (κ1) is 16.9. The highest BCUT2D eigenvalue weighted by molar-refractivity contribution is 7.13. The van der Waals surface area contributed by atoms with Crippen LogP contribution in [0, 0.1) is 0 Å². The minimum Gasteiger partial charge on any atom is -0.343 e. The fourth-order valence-corrected chi connectivity index (χ4v) is 2.36. The zero-order valence-electron chi connectivity index (χ0n) is 11.9. The zero-order chi connectivity index (χ0) is 17.0. The van der Waals surface area contributed by atoms with Gasteiger partial charge < -0.3 is 10.6 Å². The Balaban J connectivity index is 1.94. The normalized spacial score (nSPS) is 11.1.